The third kappa shape index (κ3) is 13.7. The zero-order chi connectivity index (χ0) is 41.4. The van der Waals surface area contributed by atoms with Gasteiger partial charge in [-0.05, 0) is 109 Å². The minimum absolute atomic E-state index is 0.0759. The number of hydrogen-bond donors (Lipinski definition) is 2. The summed E-state index contributed by atoms with van der Waals surface area (Å²) < 4.78 is 81.9. The number of nitrogens with one attached hydrogen (secondary N) is 2. The van der Waals surface area contributed by atoms with Crippen LogP contribution in [0.3, 0.4) is 0 Å². The fraction of sp³-hybridized carbons (Fsp3) is 0.282. The van der Waals surface area contributed by atoms with E-state index >= 15 is 0 Å². The summed E-state index contributed by atoms with van der Waals surface area (Å²) in [5, 5.41) is 2.29. The van der Waals surface area contributed by atoms with E-state index in [2.05, 4.69) is 20.3 Å². The molecular formula is C39H40F6N4O6. The van der Waals surface area contributed by atoms with Gasteiger partial charge in [-0.25, -0.2) is 10.0 Å². The number of amides is 4. The van der Waals surface area contributed by atoms with Crippen molar-refractivity contribution in [1.29, 1.82) is 0 Å². The lowest BCUT2D eigenvalue weighted by Gasteiger charge is -2.35. The SMILES string of the molecule is CC(C)(C)N(NC(=O)c1cccc(OC(F)(F)F)c1)C(=O)c1ccccc1.Cc1cccc(C(=O)N(NC(=O)c2cccc(OC(F)(F)F)c2)C(C)(C)C)c1. The van der Waals surface area contributed by atoms with Crippen molar-refractivity contribution in [2.75, 3.05) is 0 Å². The number of aryl methyl sites for hydroxylation is 1. The Labute approximate surface area is 314 Å². The van der Waals surface area contributed by atoms with Gasteiger partial charge in [-0.15, -0.1) is 26.3 Å². The highest BCUT2D eigenvalue weighted by Crippen LogP contribution is 2.25. The molecular weight excluding hydrogens is 734 g/mol. The van der Waals surface area contributed by atoms with Gasteiger partial charge >= 0.3 is 12.7 Å². The molecule has 0 aliphatic rings. The van der Waals surface area contributed by atoms with Gasteiger partial charge in [-0.1, -0.05) is 48.0 Å². The van der Waals surface area contributed by atoms with Gasteiger partial charge in [0, 0.05) is 22.3 Å². The number of alkyl halides is 6. The summed E-state index contributed by atoms with van der Waals surface area (Å²) in [6.45, 7) is 12.2. The topological polar surface area (TPSA) is 117 Å². The smallest absolute Gasteiger partial charge is 0.406 e. The Morgan fingerprint density at radius 2 is 0.855 bits per heavy atom. The number of ether oxygens (including phenoxy) is 2. The maximum Gasteiger partial charge on any atom is 0.573 e. The van der Waals surface area contributed by atoms with Crippen LogP contribution in [0.2, 0.25) is 0 Å². The molecule has 294 valence electrons. The third-order valence-corrected chi connectivity index (χ3v) is 7.12. The van der Waals surface area contributed by atoms with Gasteiger partial charge in [0.15, 0.2) is 0 Å². The first kappa shape index (κ1) is 43.3. The quantitative estimate of drug-likeness (QED) is 0.150. The number of halogens is 6. The van der Waals surface area contributed by atoms with E-state index in [1.54, 1.807) is 90.1 Å². The van der Waals surface area contributed by atoms with Crippen LogP contribution < -0.4 is 20.3 Å². The molecule has 0 aliphatic heterocycles. The van der Waals surface area contributed by atoms with Crippen LogP contribution in [-0.4, -0.2) is 57.4 Å². The molecule has 55 heavy (non-hydrogen) atoms. The fourth-order valence-electron chi connectivity index (χ4n) is 4.66. The average Bonchev–Trinajstić information content (AvgIpc) is 3.07. The molecule has 0 unspecified atom stereocenters. The number of rotatable bonds is 6. The largest absolute Gasteiger partial charge is 0.573 e. The second kappa shape index (κ2) is 17.4. The van der Waals surface area contributed by atoms with Crippen molar-refractivity contribution in [2.24, 2.45) is 0 Å². The van der Waals surface area contributed by atoms with Crippen LogP contribution in [0.1, 0.15) is 88.5 Å². The second-order valence-electron chi connectivity index (χ2n) is 13.9. The van der Waals surface area contributed by atoms with E-state index in [1.165, 1.54) is 24.3 Å². The number of nitrogens with zero attached hydrogens (tertiary/aromatic N) is 2. The Balaban J connectivity index is 0.000000296. The molecule has 4 aromatic carbocycles. The zero-order valence-electron chi connectivity index (χ0n) is 30.9. The molecule has 0 saturated carbocycles. The van der Waals surface area contributed by atoms with Crippen molar-refractivity contribution in [1.82, 2.24) is 20.9 Å². The standard InChI is InChI=1S/C20H21F3N2O3.C19H19F3N2O3/c1-13-7-5-9-15(11-13)18(27)25(19(2,3)4)24-17(26)14-8-6-10-16(12-14)28-20(21,22)23;1-18(2,3)24(17(26)13-8-5-4-6-9-13)23-16(25)14-10-7-11-15(12-14)27-19(20,21)22/h5-12H,1-4H3,(H,24,26);4-12H,1-3H3,(H,23,25). The number of hydrogen-bond acceptors (Lipinski definition) is 6. The predicted molar refractivity (Wildman–Crippen MR) is 191 cm³/mol. The van der Waals surface area contributed by atoms with Gasteiger partial charge in [0.25, 0.3) is 23.6 Å². The average molecular weight is 775 g/mol. The molecule has 0 atom stereocenters. The van der Waals surface area contributed by atoms with Gasteiger partial charge in [-0.3, -0.25) is 30.0 Å². The zero-order valence-corrected chi connectivity index (χ0v) is 30.9. The van der Waals surface area contributed by atoms with Crippen molar-refractivity contribution >= 4 is 23.6 Å². The van der Waals surface area contributed by atoms with Crippen LogP contribution in [0.5, 0.6) is 11.5 Å². The minimum atomic E-state index is -4.87. The van der Waals surface area contributed by atoms with Crippen LogP contribution in [0.15, 0.2) is 103 Å². The predicted octanol–water partition coefficient (Wildman–Crippen LogP) is 8.65. The van der Waals surface area contributed by atoms with Crippen LogP contribution in [0.4, 0.5) is 26.3 Å². The monoisotopic (exact) mass is 774 g/mol. The molecule has 0 bridgehead atoms. The third-order valence-electron chi connectivity index (χ3n) is 7.12. The fourth-order valence-corrected chi connectivity index (χ4v) is 4.66. The molecule has 0 saturated heterocycles. The van der Waals surface area contributed by atoms with Crippen molar-refractivity contribution in [3.8, 4) is 11.5 Å². The molecule has 0 radical (unpaired) electrons. The van der Waals surface area contributed by atoms with Gasteiger partial charge in [0.05, 0.1) is 11.1 Å². The van der Waals surface area contributed by atoms with Crippen molar-refractivity contribution in [2.45, 2.75) is 72.3 Å². The lowest BCUT2D eigenvalue weighted by atomic mass is 10.1. The van der Waals surface area contributed by atoms with Gasteiger partial charge in [0.1, 0.15) is 11.5 Å². The van der Waals surface area contributed by atoms with E-state index in [-0.39, 0.29) is 11.1 Å². The molecule has 0 heterocycles. The Hall–Kier alpha value is -6.06. The summed E-state index contributed by atoms with van der Waals surface area (Å²) in [4.78, 5) is 50.7. The number of carbonyl (C=O) groups excluding carboxylic acids is 4. The van der Waals surface area contributed by atoms with Crippen LogP contribution >= 0.6 is 0 Å². The van der Waals surface area contributed by atoms with Crippen molar-refractivity contribution in [3.05, 3.63) is 131 Å². The summed E-state index contributed by atoms with van der Waals surface area (Å²) in [5.74, 6) is -3.39. The molecule has 0 aliphatic carbocycles. The molecule has 4 aromatic rings. The lowest BCUT2D eigenvalue weighted by molar-refractivity contribution is -0.275. The highest BCUT2D eigenvalue weighted by Gasteiger charge is 2.34. The van der Waals surface area contributed by atoms with E-state index in [9.17, 15) is 45.5 Å². The van der Waals surface area contributed by atoms with Crippen LogP contribution in [0, 0.1) is 6.92 Å². The molecule has 4 rings (SSSR count). The van der Waals surface area contributed by atoms with Crippen LogP contribution in [-0.2, 0) is 0 Å². The normalized spacial score (nSPS) is 11.7. The summed E-state index contributed by atoms with van der Waals surface area (Å²) in [6.07, 6.45) is -9.73. The molecule has 0 spiro atoms. The molecule has 4 amide bonds. The highest BCUT2D eigenvalue weighted by molar-refractivity contribution is 6.00. The van der Waals surface area contributed by atoms with E-state index in [4.69, 9.17) is 0 Å². The maximum atomic E-state index is 12.9. The van der Waals surface area contributed by atoms with E-state index < -0.39 is 58.9 Å². The van der Waals surface area contributed by atoms with Gasteiger partial charge < -0.3 is 9.47 Å². The first-order chi connectivity index (χ1) is 25.3. The Kier molecular flexibility index (Phi) is 13.7. The molecule has 0 aromatic heterocycles. The first-order valence-electron chi connectivity index (χ1n) is 16.5. The molecule has 10 nitrogen and oxygen atoms in total. The number of benzene rings is 4. The first-order valence-corrected chi connectivity index (χ1v) is 16.5. The highest BCUT2D eigenvalue weighted by atomic mass is 19.4. The summed E-state index contributed by atoms with van der Waals surface area (Å²) in [6, 6.07) is 24.5. The summed E-state index contributed by atoms with van der Waals surface area (Å²) in [5.41, 5.74) is 4.87. The summed E-state index contributed by atoms with van der Waals surface area (Å²) in [7, 11) is 0. The molecule has 16 heteroatoms. The Morgan fingerprint density at radius 1 is 0.491 bits per heavy atom. The lowest BCUT2D eigenvalue weighted by Crippen LogP contribution is -2.55. The minimum Gasteiger partial charge on any atom is -0.406 e. The van der Waals surface area contributed by atoms with Crippen LogP contribution in [0.25, 0.3) is 0 Å². The number of hydrazine groups is 2. The Morgan fingerprint density at radius 3 is 1.24 bits per heavy atom. The van der Waals surface area contributed by atoms with Crippen molar-refractivity contribution < 1.29 is 55.0 Å². The van der Waals surface area contributed by atoms with Gasteiger partial charge in [-0.2, -0.15) is 0 Å². The van der Waals surface area contributed by atoms with E-state index in [0.29, 0.717) is 11.1 Å². The molecule has 2 N–H and O–H groups in total. The maximum absolute atomic E-state index is 12.9. The van der Waals surface area contributed by atoms with Crippen molar-refractivity contribution in [3.63, 3.8) is 0 Å². The van der Waals surface area contributed by atoms with Gasteiger partial charge in [0.2, 0.25) is 0 Å². The Bertz CT molecular complexity index is 1970. The molecule has 0 fully saturated rings. The second-order valence-corrected chi connectivity index (χ2v) is 13.9. The summed E-state index contributed by atoms with van der Waals surface area (Å²) >= 11 is 0. The van der Waals surface area contributed by atoms with E-state index in [1.807, 2.05) is 13.0 Å². The van der Waals surface area contributed by atoms with E-state index in [0.717, 1.165) is 39.8 Å². The number of carbonyl (C=O) groups is 4.